The van der Waals surface area contributed by atoms with Gasteiger partial charge >= 0.3 is 0 Å². The minimum absolute atomic E-state index is 0. The fourth-order valence-electron chi connectivity index (χ4n) is 3.29. The molecule has 1 aliphatic heterocycles. The van der Waals surface area contributed by atoms with Gasteiger partial charge in [0, 0.05) is 25.2 Å². The number of halogens is 1. The summed E-state index contributed by atoms with van der Waals surface area (Å²) in [5.74, 6) is 0.137. The van der Waals surface area contributed by atoms with Gasteiger partial charge in [-0.15, -0.1) is 12.4 Å². The van der Waals surface area contributed by atoms with Crippen LogP contribution in [0.3, 0.4) is 0 Å². The van der Waals surface area contributed by atoms with Crippen LogP contribution in [0.4, 0.5) is 11.4 Å². The average molecular weight is 404 g/mol. The maximum Gasteiger partial charge on any atom is 0.227 e. The van der Waals surface area contributed by atoms with Gasteiger partial charge in [-0.2, -0.15) is 0 Å². The summed E-state index contributed by atoms with van der Waals surface area (Å²) in [6.45, 7) is 2.86. The number of aryl methyl sites for hydroxylation is 1. The molecule has 28 heavy (non-hydrogen) atoms. The Morgan fingerprint density at radius 1 is 1.25 bits per heavy atom. The normalized spacial score (nSPS) is 15.9. The third-order valence-electron chi connectivity index (χ3n) is 4.81. The molecule has 2 amide bonds. The van der Waals surface area contributed by atoms with Crippen molar-refractivity contribution in [1.29, 1.82) is 0 Å². The van der Waals surface area contributed by atoms with Gasteiger partial charge in [-0.1, -0.05) is 18.2 Å². The summed E-state index contributed by atoms with van der Waals surface area (Å²) >= 11 is 0. The first kappa shape index (κ1) is 21.6. The number of rotatable bonds is 6. The van der Waals surface area contributed by atoms with E-state index in [9.17, 15) is 9.59 Å². The van der Waals surface area contributed by atoms with Gasteiger partial charge in [0.15, 0.2) is 0 Å². The molecule has 1 aliphatic rings. The van der Waals surface area contributed by atoms with Crippen molar-refractivity contribution in [3.63, 3.8) is 0 Å². The second-order valence-corrected chi connectivity index (χ2v) is 6.86. The van der Waals surface area contributed by atoms with Crippen LogP contribution < -0.4 is 20.7 Å². The summed E-state index contributed by atoms with van der Waals surface area (Å²) < 4.78 is 5.38. The van der Waals surface area contributed by atoms with Gasteiger partial charge < -0.3 is 20.7 Å². The first-order valence-electron chi connectivity index (χ1n) is 9.05. The van der Waals surface area contributed by atoms with Gasteiger partial charge in [0.1, 0.15) is 5.75 Å². The summed E-state index contributed by atoms with van der Waals surface area (Å²) in [6, 6.07) is 13.3. The molecule has 0 bridgehead atoms. The summed E-state index contributed by atoms with van der Waals surface area (Å²) in [5.41, 5.74) is 9.26. The molecule has 1 heterocycles. The minimum atomic E-state index is -0.353. The highest BCUT2D eigenvalue weighted by molar-refractivity contribution is 6.01. The van der Waals surface area contributed by atoms with Crippen molar-refractivity contribution < 1.29 is 14.3 Å². The lowest BCUT2D eigenvalue weighted by Gasteiger charge is -2.20. The number of hydrogen-bond acceptors (Lipinski definition) is 4. The summed E-state index contributed by atoms with van der Waals surface area (Å²) in [4.78, 5) is 26.6. The molecule has 150 valence electrons. The number of ether oxygens (including phenoxy) is 1. The number of hydrogen-bond donors (Lipinski definition) is 2. The number of nitrogens with two attached hydrogens (primary N) is 1. The lowest BCUT2D eigenvalue weighted by Crippen LogP contribution is -2.34. The molecule has 1 atom stereocenters. The second-order valence-electron chi connectivity index (χ2n) is 6.86. The molecule has 0 spiro atoms. The Balaban J connectivity index is 0.00000280. The predicted molar refractivity (Wildman–Crippen MR) is 113 cm³/mol. The van der Waals surface area contributed by atoms with E-state index in [1.54, 1.807) is 12.0 Å². The third-order valence-corrected chi connectivity index (χ3v) is 4.81. The minimum Gasteiger partial charge on any atom is -0.495 e. The van der Waals surface area contributed by atoms with Gasteiger partial charge in [-0.3, -0.25) is 9.59 Å². The maximum absolute atomic E-state index is 12.5. The van der Waals surface area contributed by atoms with E-state index in [1.165, 1.54) is 0 Å². The Morgan fingerprint density at radius 2 is 1.96 bits per heavy atom. The van der Waals surface area contributed by atoms with Crippen LogP contribution in [0.15, 0.2) is 42.5 Å². The highest BCUT2D eigenvalue weighted by atomic mass is 35.5. The predicted octanol–water partition coefficient (Wildman–Crippen LogP) is 2.72. The van der Waals surface area contributed by atoms with Crippen molar-refractivity contribution in [3.05, 3.63) is 53.6 Å². The van der Waals surface area contributed by atoms with Gasteiger partial charge in [0.25, 0.3) is 0 Å². The molecule has 0 radical (unpaired) electrons. The molecule has 2 aromatic carbocycles. The summed E-state index contributed by atoms with van der Waals surface area (Å²) in [6.07, 6.45) is 0.937. The topological polar surface area (TPSA) is 84.7 Å². The number of amides is 2. The van der Waals surface area contributed by atoms with E-state index in [1.807, 2.05) is 49.4 Å². The molecule has 0 aromatic heterocycles. The number of carbonyl (C=O) groups is 2. The largest absolute Gasteiger partial charge is 0.495 e. The Kier molecular flexibility index (Phi) is 7.29. The Morgan fingerprint density at radius 3 is 2.64 bits per heavy atom. The average Bonchev–Trinajstić information content (AvgIpc) is 3.05. The molecule has 1 fully saturated rings. The van der Waals surface area contributed by atoms with Gasteiger partial charge in [-0.05, 0) is 48.7 Å². The molecule has 3 N–H and O–H groups in total. The standard InChI is InChI=1S/C21H25N3O3.ClH/c1-14-3-8-19(27-2)18(11-14)24-13-16(12-20(24)25)21(26)23-10-9-15-4-6-17(22)7-5-15;/h3-8,11,16H,9-10,12-13,22H2,1-2H3,(H,23,26);1H. The number of anilines is 2. The lowest BCUT2D eigenvalue weighted by atomic mass is 10.1. The van der Waals surface area contributed by atoms with Crippen LogP contribution in [0.5, 0.6) is 5.75 Å². The Labute approximate surface area is 171 Å². The Hall–Kier alpha value is -2.73. The molecule has 0 saturated carbocycles. The van der Waals surface area contributed by atoms with Crippen LogP contribution in [0, 0.1) is 12.8 Å². The fourth-order valence-corrected chi connectivity index (χ4v) is 3.29. The van der Waals surface area contributed by atoms with Crippen molar-refractivity contribution in [2.24, 2.45) is 5.92 Å². The van der Waals surface area contributed by atoms with Crippen molar-refractivity contribution in [1.82, 2.24) is 5.32 Å². The molecule has 7 heteroatoms. The van der Waals surface area contributed by atoms with Crippen LogP contribution in [0.2, 0.25) is 0 Å². The zero-order valence-corrected chi connectivity index (χ0v) is 16.9. The summed E-state index contributed by atoms with van der Waals surface area (Å²) in [5, 5.41) is 2.94. The van der Waals surface area contributed by atoms with Crippen LogP contribution in [-0.4, -0.2) is 32.0 Å². The number of benzene rings is 2. The Bertz CT molecular complexity index is 839. The van der Waals surface area contributed by atoms with Crippen molar-refractivity contribution in [2.45, 2.75) is 19.8 Å². The fraction of sp³-hybridized carbons (Fsp3) is 0.333. The SMILES string of the molecule is COc1ccc(C)cc1N1CC(C(=O)NCCc2ccc(N)cc2)CC1=O.Cl. The molecule has 6 nitrogen and oxygen atoms in total. The highest BCUT2D eigenvalue weighted by Gasteiger charge is 2.36. The quantitative estimate of drug-likeness (QED) is 0.726. The second kappa shape index (κ2) is 9.46. The number of methoxy groups -OCH3 is 1. The van der Waals surface area contributed by atoms with E-state index < -0.39 is 0 Å². The van der Waals surface area contributed by atoms with Gasteiger partial charge in [0.2, 0.25) is 11.8 Å². The number of nitrogen functional groups attached to an aromatic ring is 1. The monoisotopic (exact) mass is 403 g/mol. The molecule has 1 unspecified atom stereocenters. The van der Waals surface area contributed by atoms with E-state index in [0.717, 1.165) is 28.9 Å². The van der Waals surface area contributed by atoms with Crippen LogP contribution >= 0.6 is 12.4 Å². The molecular weight excluding hydrogens is 378 g/mol. The van der Waals surface area contributed by atoms with Crippen LogP contribution in [-0.2, 0) is 16.0 Å². The molecule has 3 rings (SSSR count). The first-order chi connectivity index (χ1) is 13.0. The van der Waals surface area contributed by atoms with E-state index in [2.05, 4.69) is 5.32 Å². The molecule has 0 aliphatic carbocycles. The van der Waals surface area contributed by atoms with E-state index in [4.69, 9.17) is 10.5 Å². The van der Waals surface area contributed by atoms with Gasteiger partial charge in [-0.25, -0.2) is 0 Å². The van der Waals surface area contributed by atoms with E-state index in [-0.39, 0.29) is 36.6 Å². The maximum atomic E-state index is 12.5. The summed E-state index contributed by atoms with van der Waals surface area (Å²) in [7, 11) is 1.58. The third kappa shape index (κ3) is 4.95. The first-order valence-corrected chi connectivity index (χ1v) is 9.05. The number of nitrogens with one attached hydrogen (secondary N) is 1. The van der Waals surface area contributed by atoms with Crippen molar-refractivity contribution >= 4 is 35.6 Å². The van der Waals surface area contributed by atoms with Crippen LogP contribution in [0.1, 0.15) is 17.5 Å². The lowest BCUT2D eigenvalue weighted by molar-refractivity contribution is -0.126. The number of carbonyl (C=O) groups excluding carboxylic acids is 2. The smallest absolute Gasteiger partial charge is 0.227 e. The zero-order chi connectivity index (χ0) is 19.4. The van der Waals surface area contributed by atoms with Crippen LogP contribution in [0.25, 0.3) is 0 Å². The molecule has 1 saturated heterocycles. The molecule has 2 aromatic rings. The zero-order valence-electron chi connectivity index (χ0n) is 16.1. The van der Waals surface area contributed by atoms with E-state index in [0.29, 0.717) is 18.8 Å². The van der Waals surface area contributed by atoms with Gasteiger partial charge in [0.05, 0.1) is 18.7 Å². The van der Waals surface area contributed by atoms with E-state index >= 15 is 0 Å². The van der Waals surface area contributed by atoms with Crippen molar-refractivity contribution in [3.8, 4) is 5.75 Å². The highest BCUT2D eigenvalue weighted by Crippen LogP contribution is 2.33. The number of nitrogens with zero attached hydrogens (tertiary/aromatic N) is 1. The van der Waals surface area contributed by atoms with Crippen molar-refractivity contribution in [2.75, 3.05) is 30.8 Å². The molecular formula is C21H26ClN3O3.